The fourth-order valence-electron chi connectivity index (χ4n) is 1.30. The highest BCUT2D eigenvalue weighted by molar-refractivity contribution is 7.91. The van der Waals surface area contributed by atoms with Crippen LogP contribution in [0.3, 0.4) is 0 Å². The normalized spacial score (nSPS) is 21.2. The van der Waals surface area contributed by atoms with Crippen LogP contribution in [0.25, 0.3) is 0 Å². The predicted octanol–water partition coefficient (Wildman–Crippen LogP) is -0.695. The maximum atomic E-state index is 11.3. The van der Waals surface area contributed by atoms with E-state index in [1.165, 1.54) is 4.57 Å². The van der Waals surface area contributed by atoms with Crippen LogP contribution in [0.5, 0.6) is 0 Å². The van der Waals surface area contributed by atoms with Gasteiger partial charge in [0.25, 0.3) is 10.0 Å². The summed E-state index contributed by atoms with van der Waals surface area (Å²) in [5, 5.41) is 4.67. The monoisotopic (exact) mass is 255 g/mol. The molecule has 2 rings (SSSR count). The molecular formula is C5H6ClN3O3S2. The second-order valence-electron chi connectivity index (χ2n) is 2.74. The molecule has 0 radical (unpaired) electrons. The first-order valence-corrected chi connectivity index (χ1v) is 6.83. The number of imidazole rings is 1. The lowest BCUT2D eigenvalue weighted by atomic mass is 10.7. The molecule has 14 heavy (non-hydrogen) atoms. The summed E-state index contributed by atoms with van der Waals surface area (Å²) in [6.45, 7) is 0.313. The Morgan fingerprint density at radius 3 is 2.86 bits per heavy atom. The molecule has 0 aliphatic carbocycles. The Morgan fingerprint density at radius 1 is 1.64 bits per heavy atom. The molecule has 1 aromatic rings. The van der Waals surface area contributed by atoms with Gasteiger partial charge in [0.2, 0.25) is 0 Å². The van der Waals surface area contributed by atoms with E-state index in [4.69, 9.17) is 16.7 Å². The maximum absolute atomic E-state index is 11.3. The van der Waals surface area contributed by atoms with Gasteiger partial charge in [-0.1, -0.05) is 11.6 Å². The van der Waals surface area contributed by atoms with Crippen LogP contribution in [-0.4, -0.2) is 28.3 Å². The quantitative estimate of drug-likeness (QED) is 0.671. The number of fused-ring (bicyclic) bond motifs is 1. The van der Waals surface area contributed by atoms with E-state index in [0.717, 1.165) is 0 Å². The van der Waals surface area contributed by atoms with Crippen molar-refractivity contribution >= 4 is 32.8 Å². The van der Waals surface area contributed by atoms with Gasteiger partial charge in [-0.25, -0.2) is 13.6 Å². The van der Waals surface area contributed by atoms with Crippen molar-refractivity contribution in [2.45, 2.75) is 16.7 Å². The van der Waals surface area contributed by atoms with Gasteiger partial charge in [0.15, 0.2) is 10.2 Å². The van der Waals surface area contributed by atoms with Crippen LogP contribution in [0.2, 0.25) is 5.15 Å². The molecule has 78 valence electrons. The number of nitrogens with zero attached hydrogens (tertiary/aromatic N) is 2. The number of nitrogens with two attached hydrogens (primary N) is 1. The fourth-order valence-corrected chi connectivity index (χ4v) is 3.83. The van der Waals surface area contributed by atoms with Crippen LogP contribution >= 0.6 is 11.6 Å². The Hall–Kier alpha value is -0.280. The van der Waals surface area contributed by atoms with Gasteiger partial charge in [-0.05, 0) is 0 Å². The Morgan fingerprint density at radius 2 is 2.29 bits per heavy atom. The SMILES string of the molecule is NS(=O)(=O)c1c(Cl)nc2n1CC[S+]2[O-]. The standard InChI is InChI=1S/C5H6ClN3O3S2/c6-3-4(14(7,11)12)9-1-2-13(10)5(9)8-3/h1-2H2,(H2,7,11,12). The second kappa shape index (κ2) is 3.11. The Labute approximate surface area is 88.3 Å². The van der Waals surface area contributed by atoms with E-state index in [9.17, 15) is 13.0 Å². The highest BCUT2D eigenvalue weighted by atomic mass is 35.5. The van der Waals surface area contributed by atoms with Crippen LogP contribution in [-0.2, 0) is 27.7 Å². The van der Waals surface area contributed by atoms with E-state index in [1.54, 1.807) is 0 Å². The zero-order chi connectivity index (χ0) is 10.5. The molecule has 0 saturated heterocycles. The van der Waals surface area contributed by atoms with Crippen molar-refractivity contribution in [1.29, 1.82) is 0 Å². The van der Waals surface area contributed by atoms with Crippen LogP contribution in [0.4, 0.5) is 0 Å². The molecule has 0 fully saturated rings. The summed E-state index contributed by atoms with van der Waals surface area (Å²) in [4.78, 5) is 3.71. The first-order valence-electron chi connectivity index (χ1n) is 3.58. The second-order valence-corrected chi connectivity index (χ2v) is 6.04. The average Bonchev–Trinajstić information content (AvgIpc) is 2.49. The Balaban J connectivity index is 2.69. The number of hydrogen-bond acceptors (Lipinski definition) is 4. The van der Waals surface area contributed by atoms with Crippen molar-refractivity contribution in [2.75, 3.05) is 5.75 Å². The predicted molar refractivity (Wildman–Crippen MR) is 49.9 cm³/mol. The summed E-state index contributed by atoms with van der Waals surface area (Å²) in [7, 11) is -3.90. The van der Waals surface area contributed by atoms with Crippen molar-refractivity contribution < 1.29 is 13.0 Å². The van der Waals surface area contributed by atoms with Gasteiger partial charge in [-0.3, -0.25) is 4.57 Å². The van der Waals surface area contributed by atoms with Crippen molar-refractivity contribution in [3.05, 3.63) is 5.15 Å². The molecule has 1 aromatic heterocycles. The summed E-state index contributed by atoms with van der Waals surface area (Å²) >= 11 is 4.31. The van der Waals surface area contributed by atoms with Gasteiger partial charge in [0, 0.05) is 11.2 Å². The molecule has 2 N–H and O–H groups in total. The third-order valence-electron chi connectivity index (χ3n) is 1.82. The highest BCUT2D eigenvalue weighted by Gasteiger charge is 2.35. The Kier molecular flexibility index (Phi) is 2.27. The zero-order valence-electron chi connectivity index (χ0n) is 6.81. The number of primary sulfonamides is 1. The smallest absolute Gasteiger partial charge is 0.325 e. The average molecular weight is 256 g/mol. The molecule has 0 bridgehead atoms. The van der Waals surface area contributed by atoms with Gasteiger partial charge < -0.3 is 4.55 Å². The molecule has 0 amide bonds. The van der Waals surface area contributed by atoms with Crippen LogP contribution in [0.15, 0.2) is 10.2 Å². The Bertz CT molecular complexity index is 483. The molecule has 1 aliphatic rings. The molecule has 9 heteroatoms. The molecule has 0 aromatic carbocycles. The first-order chi connectivity index (χ1) is 6.41. The molecule has 0 spiro atoms. The summed E-state index contributed by atoms with van der Waals surface area (Å²) in [5.41, 5.74) is 0. The molecule has 6 nitrogen and oxygen atoms in total. The van der Waals surface area contributed by atoms with Gasteiger partial charge in [-0.2, -0.15) is 4.98 Å². The summed E-state index contributed by atoms with van der Waals surface area (Å²) in [6.07, 6.45) is 0. The van der Waals surface area contributed by atoms with E-state index in [2.05, 4.69) is 4.98 Å². The van der Waals surface area contributed by atoms with Crippen LogP contribution < -0.4 is 5.14 Å². The van der Waals surface area contributed by atoms with E-state index in [-0.39, 0.29) is 15.3 Å². The number of aromatic nitrogens is 2. The molecule has 1 unspecified atom stereocenters. The lowest BCUT2D eigenvalue weighted by Crippen LogP contribution is -2.17. The number of rotatable bonds is 1. The van der Waals surface area contributed by atoms with Gasteiger partial charge in [-0.15, -0.1) is 0 Å². The molecule has 1 atom stereocenters. The van der Waals surface area contributed by atoms with E-state index < -0.39 is 21.2 Å². The molecule has 0 saturated carbocycles. The van der Waals surface area contributed by atoms with Crippen molar-refractivity contribution in [3.8, 4) is 0 Å². The lowest BCUT2D eigenvalue weighted by Gasteiger charge is -1.98. The van der Waals surface area contributed by atoms with E-state index in [0.29, 0.717) is 12.3 Å². The van der Waals surface area contributed by atoms with Gasteiger partial charge in [0.1, 0.15) is 5.75 Å². The minimum Gasteiger partial charge on any atom is -0.609 e. The maximum Gasteiger partial charge on any atom is 0.325 e. The molecular weight excluding hydrogens is 250 g/mol. The fraction of sp³-hybridized carbons (Fsp3) is 0.400. The first kappa shape index (κ1) is 10.2. The minimum atomic E-state index is -3.90. The topological polar surface area (TPSA) is 101 Å². The summed E-state index contributed by atoms with van der Waals surface area (Å²) < 4.78 is 34.8. The van der Waals surface area contributed by atoms with Crippen molar-refractivity contribution in [2.24, 2.45) is 5.14 Å². The van der Waals surface area contributed by atoms with Crippen molar-refractivity contribution in [1.82, 2.24) is 9.55 Å². The van der Waals surface area contributed by atoms with E-state index in [1.807, 2.05) is 0 Å². The number of sulfonamides is 1. The zero-order valence-corrected chi connectivity index (χ0v) is 9.19. The third-order valence-corrected chi connectivity index (χ3v) is 4.42. The van der Waals surface area contributed by atoms with Crippen LogP contribution in [0.1, 0.15) is 0 Å². The third kappa shape index (κ3) is 1.43. The molecule has 2 heterocycles. The van der Waals surface area contributed by atoms with Crippen LogP contribution in [0, 0.1) is 0 Å². The van der Waals surface area contributed by atoms with Gasteiger partial charge in [0.05, 0.1) is 6.54 Å². The van der Waals surface area contributed by atoms with Crippen molar-refractivity contribution in [3.63, 3.8) is 0 Å². The molecule has 1 aliphatic heterocycles. The number of hydrogen-bond donors (Lipinski definition) is 1. The minimum absolute atomic E-state index is 0.180. The lowest BCUT2D eigenvalue weighted by molar-refractivity contribution is 0.572. The van der Waals surface area contributed by atoms with Gasteiger partial charge >= 0.3 is 5.16 Å². The highest BCUT2D eigenvalue weighted by Crippen LogP contribution is 2.28. The largest absolute Gasteiger partial charge is 0.609 e. The number of halogens is 1. The van der Waals surface area contributed by atoms with E-state index >= 15 is 0 Å². The summed E-state index contributed by atoms with van der Waals surface area (Å²) in [5.74, 6) is 0.349. The summed E-state index contributed by atoms with van der Waals surface area (Å²) in [6, 6.07) is 0.